The fraction of sp³-hybridized carbons (Fsp3) is 0.533. The maximum absolute atomic E-state index is 8.12. The number of methoxy groups -OCH3 is 1. The molecule has 0 amide bonds. The predicted octanol–water partition coefficient (Wildman–Crippen LogP) is 2.20. The molecular formula is C15H21N3O. The van der Waals surface area contributed by atoms with Crippen LogP contribution in [0.5, 0.6) is 5.75 Å². The van der Waals surface area contributed by atoms with Crippen molar-refractivity contribution in [2.75, 3.05) is 38.2 Å². The van der Waals surface area contributed by atoms with Crippen molar-refractivity contribution in [1.82, 2.24) is 4.90 Å². The molecule has 0 radical (unpaired) electrons. The Kier molecular flexibility index (Phi) is 3.32. The number of benzene rings is 1. The predicted molar refractivity (Wildman–Crippen MR) is 77.2 cm³/mol. The summed E-state index contributed by atoms with van der Waals surface area (Å²) in [6, 6.07) is 8.22. The molecule has 2 aliphatic rings. The standard InChI is InChI=1S/C15H21N3O/c1-19-14-4-2-3-13(11-14)17-7-9-18(10-8-17)15(16)12-5-6-12/h2-4,11-12,16H,5-10H2,1H3. The molecule has 1 saturated heterocycles. The third-order valence-corrected chi connectivity index (χ3v) is 4.00. The zero-order valence-electron chi connectivity index (χ0n) is 11.4. The topological polar surface area (TPSA) is 39.6 Å². The Morgan fingerprint density at radius 2 is 1.95 bits per heavy atom. The molecule has 1 aliphatic heterocycles. The van der Waals surface area contributed by atoms with Crippen LogP contribution in [0.3, 0.4) is 0 Å². The molecule has 1 heterocycles. The Labute approximate surface area is 114 Å². The van der Waals surface area contributed by atoms with Crippen molar-refractivity contribution >= 4 is 11.5 Å². The van der Waals surface area contributed by atoms with E-state index in [1.807, 2.05) is 12.1 Å². The fourth-order valence-electron chi connectivity index (χ4n) is 2.63. The Morgan fingerprint density at radius 1 is 1.21 bits per heavy atom. The molecular weight excluding hydrogens is 238 g/mol. The van der Waals surface area contributed by atoms with Gasteiger partial charge in [-0.05, 0) is 25.0 Å². The highest BCUT2D eigenvalue weighted by Gasteiger charge is 2.31. The van der Waals surface area contributed by atoms with Crippen LogP contribution in [-0.4, -0.2) is 44.0 Å². The largest absolute Gasteiger partial charge is 0.497 e. The second-order valence-corrected chi connectivity index (χ2v) is 5.34. The first kappa shape index (κ1) is 12.3. The summed E-state index contributed by atoms with van der Waals surface area (Å²) < 4.78 is 5.27. The van der Waals surface area contributed by atoms with E-state index in [-0.39, 0.29) is 0 Å². The molecule has 0 aromatic heterocycles. The molecule has 1 saturated carbocycles. The Balaban J connectivity index is 1.61. The van der Waals surface area contributed by atoms with Gasteiger partial charge in [-0.3, -0.25) is 5.41 Å². The number of ether oxygens (including phenoxy) is 1. The molecule has 3 rings (SSSR count). The van der Waals surface area contributed by atoms with Crippen LogP contribution < -0.4 is 9.64 Å². The summed E-state index contributed by atoms with van der Waals surface area (Å²) in [5.41, 5.74) is 1.22. The quantitative estimate of drug-likeness (QED) is 0.668. The molecule has 1 N–H and O–H groups in total. The second kappa shape index (κ2) is 5.11. The second-order valence-electron chi connectivity index (χ2n) is 5.34. The van der Waals surface area contributed by atoms with Crippen LogP contribution in [0.1, 0.15) is 12.8 Å². The number of piperazine rings is 1. The van der Waals surface area contributed by atoms with Crippen molar-refractivity contribution in [3.63, 3.8) is 0 Å². The smallest absolute Gasteiger partial charge is 0.120 e. The molecule has 19 heavy (non-hydrogen) atoms. The Hall–Kier alpha value is -1.71. The Morgan fingerprint density at radius 3 is 2.58 bits per heavy atom. The van der Waals surface area contributed by atoms with Crippen LogP contribution in [0, 0.1) is 11.3 Å². The van der Waals surface area contributed by atoms with Crippen LogP contribution in [0.2, 0.25) is 0 Å². The van der Waals surface area contributed by atoms with Crippen molar-refractivity contribution in [3.05, 3.63) is 24.3 Å². The molecule has 0 unspecified atom stereocenters. The lowest BCUT2D eigenvalue weighted by molar-refractivity contribution is 0.373. The van der Waals surface area contributed by atoms with Crippen LogP contribution in [0.25, 0.3) is 0 Å². The minimum Gasteiger partial charge on any atom is -0.497 e. The lowest BCUT2D eigenvalue weighted by Crippen LogP contribution is -2.49. The molecule has 1 aromatic carbocycles. The zero-order chi connectivity index (χ0) is 13.2. The summed E-state index contributed by atoms with van der Waals surface area (Å²) in [4.78, 5) is 4.62. The monoisotopic (exact) mass is 259 g/mol. The SMILES string of the molecule is COc1cccc(N2CCN(C(=N)C3CC3)CC2)c1. The van der Waals surface area contributed by atoms with E-state index in [1.165, 1.54) is 18.5 Å². The van der Waals surface area contributed by atoms with Crippen molar-refractivity contribution < 1.29 is 4.74 Å². The van der Waals surface area contributed by atoms with E-state index in [0.29, 0.717) is 5.92 Å². The van der Waals surface area contributed by atoms with Gasteiger partial charge in [0.1, 0.15) is 5.75 Å². The van der Waals surface area contributed by atoms with Gasteiger partial charge in [0.2, 0.25) is 0 Å². The maximum atomic E-state index is 8.12. The molecule has 4 nitrogen and oxygen atoms in total. The number of nitrogens with zero attached hydrogens (tertiary/aromatic N) is 2. The van der Waals surface area contributed by atoms with Crippen molar-refractivity contribution in [3.8, 4) is 5.75 Å². The van der Waals surface area contributed by atoms with E-state index in [9.17, 15) is 0 Å². The van der Waals surface area contributed by atoms with Gasteiger partial charge in [0.15, 0.2) is 0 Å². The summed E-state index contributed by atoms with van der Waals surface area (Å²) in [6.45, 7) is 3.91. The minimum atomic E-state index is 0.559. The summed E-state index contributed by atoms with van der Waals surface area (Å²) in [7, 11) is 1.70. The Bertz CT molecular complexity index is 462. The highest BCUT2D eigenvalue weighted by Crippen LogP contribution is 2.32. The third kappa shape index (κ3) is 2.67. The van der Waals surface area contributed by atoms with Crippen molar-refractivity contribution in [2.24, 2.45) is 5.92 Å². The lowest BCUT2D eigenvalue weighted by atomic mass is 10.2. The summed E-state index contributed by atoms with van der Waals surface area (Å²) in [6.07, 6.45) is 2.43. The number of hydrogen-bond acceptors (Lipinski definition) is 3. The van der Waals surface area contributed by atoms with Gasteiger partial charge in [0.05, 0.1) is 12.9 Å². The van der Waals surface area contributed by atoms with Gasteiger partial charge in [-0.15, -0.1) is 0 Å². The maximum Gasteiger partial charge on any atom is 0.120 e. The molecule has 0 atom stereocenters. The molecule has 0 spiro atoms. The molecule has 4 heteroatoms. The van der Waals surface area contributed by atoms with Crippen LogP contribution in [0.4, 0.5) is 5.69 Å². The highest BCUT2D eigenvalue weighted by molar-refractivity contribution is 5.84. The van der Waals surface area contributed by atoms with Crippen LogP contribution >= 0.6 is 0 Å². The first-order valence-corrected chi connectivity index (χ1v) is 7.00. The number of rotatable bonds is 3. The normalized spacial score (nSPS) is 19.4. The van der Waals surface area contributed by atoms with Crippen LogP contribution in [0.15, 0.2) is 24.3 Å². The molecule has 0 bridgehead atoms. The third-order valence-electron chi connectivity index (χ3n) is 4.00. The lowest BCUT2D eigenvalue weighted by Gasteiger charge is -2.37. The van der Waals surface area contributed by atoms with E-state index in [0.717, 1.165) is 37.8 Å². The fourth-order valence-corrected chi connectivity index (χ4v) is 2.63. The first-order valence-electron chi connectivity index (χ1n) is 7.00. The van der Waals surface area contributed by atoms with Crippen molar-refractivity contribution in [1.29, 1.82) is 5.41 Å². The molecule has 1 aliphatic carbocycles. The van der Waals surface area contributed by atoms with Gasteiger partial charge in [-0.1, -0.05) is 6.07 Å². The van der Waals surface area contributed by atoms with Gasteiger partial charge in [-0.25, -0.2) is 0 Å². The number of nitrogens with one attached hydrogen (secondary N) is 1. The zero-order valence-corrected chi connectivity index (χ0v) is 11.4. The van der Waals surface area contributed by atoms with Gasteiger partial charge in [0.25, 0.3) is 0 Å². The van der Waals surface area contributed by atoms with Gasteiger partial charge in [-0.2, -0.15) is 0 Å². The minimum absolute atomic E-state index is 0.559. The van der Waals surface area contributed by atoms with E-state index < -0.39 is 0 Å². The molecule has 102 valence electrons. The van der Waals surface area contributed by atoms with E-state index in [4.69, 9.17) is 10.1 Å². The van der Waals surface area contributed by atoms with Gasteiger partial charge < -0.3 is 14.5 Å². The number of anilines is 1. The number of hydrogen-bond donors (Lipinski definition) is 1. The van der Waals surface area contributed by atoms with E-state index in [2.05, 4.69) is 21.9 Å². The molecule has 1 aromatic rings. The first-order chi connectivity index (χ1) is 9.28. The summed E-state index contributed by atoms with van der Waals surface area (Å²) in [5, 5.41) is 8.12. The summed E-state index contributed by atoms with van der Waals surface area (Å²) >= 11 is 0. The van der Waals surface area contributed by atoms with E-state index in [1.54, 1.807) is 7.11 Å². The van der Waals surface area contributed by atoms with Crippen LogP contribution in [-0.2, 0) is 0 Å². The van der Waals surface area contributed by atoms with Gasteiger partial charge in [0, 0.05) is 43.9 Å². The van der Waals surface area contributed by atoms with Gasteiger partial charge >= 0.3 is 0 Å². The average Bonchev–Trinajstić information content (AvgIpc) is 3.31. The van der Waals surface area contributed by atoms with Crippen molar-refractivity contribution in [2.45, 2.75) is 12.8 Å². The highest BCUT2D eigenvalue weighted by atomic mass is 16.5. The molecule has 2 fully saturated rings. The summed E-state index contributed by atoms with van der Waals surface area (Å²) in [5.74, 6) is 2.33. The average molecular weight is 259 g/mol. The van der Waals surface area contributed by atoms with E-state index >= 15 is 0 Å². The number of amidine groups is 1.